The van der Waals surface area contributed by atoms with Gasteiger partial charge in [-0.1, -0.05) is 44.2 Å². The van der Waals surface area contributed by atoms with Gasteiger partial charge in [-0.2, -0.15) is 0 Å². The fourth-order valence-corrected chi connectivity index (χ4v) is 2.71. The highest BCUT2D eigenvalue weighted by atomic mass is 16.4. The van der Waals surface area contributed by atoms with Crippen LogP contribution in [0.1, 0.15) is 25.8 Å². The second-order valence-electron chi connectivity index (χ2n) is 7.37. The van der Waals surface area contributed by atoms with Gasteiger partial charge in [-0.3, -0.25) is 24.0 Å². The lowest BCUT2D eigenvalue weighted by atomic mass is 10.0. The first kappa shape index (κ1) is 25.6. The smallest absolute Gasteiger partial charge is 0.322 e. The van der Waals surface area contributed by atoms with E-state index in [9.17, 15) is 24.0 Å². The predicted molar refractivity (Wildman–Crippen MR) is 111 cm³/mol. The summed E-state index contributed by atoms with van der Waals surface area (Å²) in [5, 5.41) is 15.7. The van der Waals surface area contributed by atoms with Crippen molar-refractivity contribution in [1.29, 1.82) is 0 Å². The molecule has 3 unspecified atom stereocenters. The van der Waals surface area contributed by atoms with E-state index in [1.165, 1.54) is 0 Å². The van der Waals surface area contributed by atoms with E-state index in [4.69, 9.17) is 16.6 Å². The number of hydrogen-bond acceptors (Lipinski definition) is 6. The Kier molecular flexibility index (Phi) is 10.1. The van der Waals surface area contributed by atoms with Crippen LogP contribution in [0, 0.1) is 5.92 Å². The van der Waals surface area contributed by atoms with Gasteiger partial charge in [0.05, 0.1) is 12.5 Å². The number of carbonyl (C=O) groups is 5. The van der Waals surface area contributed by atoms with Crippen LogP contribution in [-0.2, 0) is 30.4 Å². The van der Waals surface area contributed by atoms with Crippen LogP contribution in [0.25, 0.3) is 0 Å². The van der Waals surface area contributed by atoms with E-state index in [1.807, 2.05) is 6.07 Å². The summed E-state index contributed by atoms with van der Waals surface area (Å²) in [5.74, 6) is -4.68. The van der Waals surface area contributed by atoms with E-state index >= 15 is 0 Å². The first-order chi connectivity index (χ1) is 14.5. The lowest BCUT2D eigenvalue weighted by molar-refractivity contribution is -0.139. The molecule has 11 heteroatoms. The zero-order chi connectivity index (χ0) is 23.6. The maximum absolute atomic E-state index is 12.7. The molecule has 1 rings (SSSR count). The molecule has 0 aromatic heterocycles. The minimum Gasteiger partial charge on any atom is -0.480 e. The maximum atomic E-state index is 12.7. The molecule has 0 aliphatic heterocycles. The summed E-state index contributed by atoms with van der Waals surface area (Å²) >= 11 is 0. The van der Waals surface area contributed by atoms with Gasteiger partial charge in [0.15, 0.2) is 0 Å². The molecule has 0 fully saturated rings. The van der Waals surface area contributed by atoms with Crippen molar-refractivity contribution < 1.29 is 29.1 Å². The Labute approximate surface area is 179 Å². The van der Waals surface area contributed by atoms with Crippen molar-refractivity contribution in [2.24, 2.45) is 17.4 Å². The Morgan fingerprint density at radius 1 is 0.968 bits per heavy atom. The van der Waals surface area contributed by atoms with E-state index in [0.29, 0.717) is 0 Å². The van der Waals surface area contributed by atoms with Crippen LogP contribution in [0.2, 0.25) is 0 Å². The normalized spacial score (nSPS) is 13.5. The van der Waals surface area contributed by atoms with Gasteiger partial charge in [0.25, 0.3) is 0 Å². The van der Waals surface area contributed by atoms with Gasteiger partial charge in [-0.15, -0.1) is 0 Å². The van der Waals surface area contributed by atoms with E-state index in [0.717, 1.165) is 5.56 Å². The average molecular weight is 435 g/mol. The molecular weight excluding hydrogens is 406 g/mol. The molecule has 1 aromatic rings. The zero-order valence-electron chi connectivity index (χ0n) is 17.5. The largest absolute Gasteiger partial charge is 0.480 e. The zero-order valence-corrected chi connectivity index (χ0v) is 17.5. The number of primary amides is 1. The summed E-state index contributed by atoms with van der Waals surface area (Å²) in [5.41, 5.74) is 11.9. The van der Waals surface area contributed by atoms with Crippen LogP contribution in [0.3, 0.4) is 0 Å². The number of benzene rings is 1. The Balaban J connectivity index is 2.84. The maximum Gasteiger partial charge on any atom is 0.322 e. The molecular formula is C20H29N5O6. The van der Waals surface area contributed by atoms with Crippen LogP contribution in [0.5, 0.6) is 0 Å². The second-order valence-corrected chi connectivity index (χ2v) is 7.37. The lowest BCUT2D eigenvalue weighted by Crippen LogP contribution is -2.58. The Hall–Kier alpha value is -3.47. The highest BCUT2D eigenvalue weighted by Gasteiger charge is 2.30. The van der Waals surface area contributed by atoms with Gasteiger partial charge < -0.3 is 32.5 Å². The van der Waals surface area contributed by atoms with Gasteiger partial charge in [0, 0.05) is 0 Å². The summed E-state index contributed by atoms with van der Waals surface area (Å²) in [6.45, 7) is 2.67. The van der Waals surface area contributed by atoms with Crippen molar-refractivity contribution in [3.63, 3.8) is 0 Å². The van der Waals surface area contributed by atoms with E-state index in [1.54, 1.807) is 38.1 Å². The summed E-state index contributed by atoms with van der Waals surface area (Å²) in [4.78, 5) is 59.4. The van der Waals surface area contributed by atoms with Gasteiger partial charge in [-0.05, 0) is 17.9 Å². The summed E-state index contributed by atoms with van der Waals surface area (Å²) in [7, 11) is 0. The number of carboxylic acids is 1. The van der Waals surface area contributed by atoms with Gasteiger partial charge in [-0.25, -0.2) is 0 Å². The third-order valence-electron chi connectivity index (χ3n) is 4.33. The van der Waals surface area contributed by atoms with E-state index in [2.05, 4.69) is 16.0 Å². The van der Waals surface area contributed by atoms with Crippen molar-refractivity contribution in [2.45, 2.75) is 44.8 Å². The monoisotopic (exact) mass is 435 g/mol. The van der Waals surface area contributed by atoms with Crippen molar-refractivity contribution in [3.05, 3.63) is 35.9 Å². The van der Waals surface area contributed by atoms with E-state index in [-0.39, 0.29) is 6.42 Å². The second kappa shape index (κ2) is 12.3. The number of rotatable bonds is 12. The molecule has 0 spiro atoms. The number of carbonyl (C=O) groups excluding carboxylic acids is 4. The Morgan fingerprint density at radius 2 is 1.58 bits per heavy atom. The molecule has 1 aromatic carbocycles. The van der Waals surface area contributed by atoms with Crippen molar-refractivity contribution in [1.82, 2.24) is 16.0 Å². The minimum atomic E-state index is -1.35. The molecule has 3 atom stereocenters. The number of carboxylic acid groups (broad SMARTS) is 1. The summed E-state index contributed by atoms with van der Waals surface area (Å²) in [6, 6.07) is 5.59. The predicted octanol–water partition coefficient (Wildman–Crippen LogP) is -1.74. The van der Waals surface area contributed by atoms with Gasteiger partial charge in [0.2, 0.25) is 23.6 Å². The molecule has 0 bridgehead atoms. The first-order valence-corrected chi connectivity index (χ1v) is 9.69. The topological polar surface area (TPSA) is 194 Å². The number of hydrogen-bond donors (Lipinski definition) is 6. The molecule has 8 N–H and O–H groups in total. The van der Waals surface area contributed by atoms with Gasteiger partial charge in [0.1, 0.15) is 18.6 Å². The van der Waals surface area contributed by atoms with Crippen LogP contribution in [-0.4, -0.2) is 59.4 Å². The van der Waals surface area contributed by atoms with Crippen LogP contribution < -0.4 is 27.4 Å². The number of aliphatic carboxylic acids is 1. The molecule has 0 saturated heterocycles. The van der Waals surface area contributed by atoms with Gasteiger partial charge >= 0.3 is 5.97 Å². The third kappa shape index (κ3) is 9.26. The lowest BCUT2D eigenvalue weighted by Gasteiger charge is -2.25. The molecule has 0 aliphatic carbocycles. The highest BCUT2D eigenvalue weighted by Crippen LogP contribution is 2.05. The number of nitrogens with one attached hydrogen (secondary N) is 3. The first-order valence-electron chi connectivity index (χ1n) is 9.69. The molecule has 0 radical (unpaired) electrons. The Morgan fingerprint density at radius 3 is 2.10 bits per heavy atom. The van der Waals surface area contributed by atoms with Crippen LogP contribution >= 0.6 is 0 Å². The molecule has 0 aliphatic rings. The molecule has 0 heterocycles. The summed E-state index contributed by atoms with van der Waals surface area (Å²) in [6.07, 6.45) is -0.291. The van der Waals surface area contributed by atoms with Crippen molar-refractivity contribution >= 4 is 29.6 Å². The number of amides is 4. The average Bonchev–Trinajstić information content (AvgIpc) is 2.69. The molecule has 31 heavy (non-hydrogen) atoms. The molecule has 170 valence electrons. The quantitative estimate of drug-likeness (QED) is 0.224. The van der Waals surface area contributed by atoms with E-state index < -0.39 is 66.6 Å². The summed E-state index contributed by atoms with van der Waals surface area (Å²) < 4.78 is 0. The number of nitrogens with two attached hydrogens (primary N) is 2. The molecule has 4 amide bonds. The molecule has 11 nitrogen and oxygen atoms in total. The van der Waals surface area contributed by atoms with Crippen molar-refractivity contribution in [3.8, 4) is 0 Å². The standard InChI is InChI=1S/C20H29N5O6/c1-11(2)17(20(31)23-10-16(27)28)25-19(30)14(9-15(22)26)24-18(29)13(21)8-12-6-4-3-5-7-12/h3-7,11,13-14,17H,8-10,21H2,1-2H3,(H2,22,26)(H,23,31)(H,24,29)(H,25,30)(H,27,28). The fourth-order valence-electron chi connectivity index (χ4n) is 2.71. The highest BCUT2D eigenvalue weighted by molar-refractivity contribution is 5.96. The van der Waals surface area contributed by atoms with Crippen LogP contribution in [0.4, 0.5) is 0 Å². The van der Waals surface area contributed by atoms with Crippen molar-refractivity contribution in [2.75, 3.05) is 6.54 Å². The fraction of sp³-hybridized carbons (Fsp3) is 0.450. The SMILES string of the molecule is CC(C)C(NC(=O)C(CC(N)=O)NC(=O)C(N)Cc1ccccc1)C(=O)NCC(=O)O. The minimum absolute atomic E-state index is 0.212. The molecule has 0 saturated carbocycles. The third-order valence-corrected chi connectivity index (χ3v) is 4.33. The Bertz CT molecular complexity index is 799. The van der Waals surface area contributed by atoms with Crippen LogP contribution in [0.15, 0.2) is 30.3 Å².